The van der Waals surface area contributed by atoms with Crippen LogP contribution in [-0.4, -0.2) is 72.4 Å². The zero-order valence-electron chi connectivity index (χ0n) is 17.1. The third kappa shape index (κ3) is 4.34. The molecule has 2 aromatic rings. The molecule has 2 saturated heterocycles. The first kappa shape index (κ1) is 20.8. The Bertz CT molecular complexity index is 897. The zero-order chi connectivity index (χ0) is 21.1. The maximum atomic E-state index is 13.9. The maximum absolute atomic E-state index is 13.9. The summed E-state index contributed by atoms with van der Waals surface area (Å²) in [5.74, 6) is -0.110. The molecule has 160 valence electrons. The fourth-order valence-corrected chi connectivity index (χ4v) is 4.89. The smallest absolute Gasteiger partial charge is 0.264 e. The van der Waals surface area contributed by atoms with Crippen LogP contribution in [0.4, 0.5) is 4.39 Å². The summed E-state index contributed by atoms with van der Waals surface area (Å²) in [7, 11) is 1.45. The molecule has 0 radical (unpaired) electrons. The van der Waals surface area contributed by atoms with E-state index >= 15 is 0 Å². The van der Waals surface area contributed by atoms with E-state index in [0.29, 0.717) is 31.1 Å². The molecular weight excluding hydrogens is 405 g/mol. The van der Waals surface area contributed by atoms with Crippen LogP contribution >= 0.6 is 11.3 Å². The number of ether oxygens (including phenoxy) is 1. The van der Waals surface area contributed by atoms with Crippen LogP contribution < -0.4 is 4.74 Å². The number of halogens is 1. The summed E-state index contributed by atoms with van der Waals surface area (Å²) >= 11 is 1.41. The molecule has 1 aromatic heterocycles. The van der Waals surface area contributed by atoms with Crippen molar-refractivity contribution in [2.75, 3.05) is 39.8 Å². The third-order valence-corrected chi connectivity index (χ3v) is 6.69. The molecule has 0 bridgehead atoms. The highest BCUT2D eigenvalue weighted by atomic mass is 32.1. The van der Waals surface area contributed by atoms with Gasteiger partial charge in [0.25, 0.3) is 5.91 Å². The second-order valence-electron chi connectivity index (χ2n) is 7.70. The first-order chi connectivity index (χ1) is 14.6. The Hall–Kier alpha value is -2.45. The van der Waals surface area contributed by atoms with Gasteiger partial charge < -0.3 is 14.5 Å². The molecular formula is C22H26FN3O3S. The van der Waals surface area contributed by atoms with Gasteiger partial charge >= 0.3 is 0 Å². The molecule has 0 N–H and O–H groups in total. The van der Waals surface area contributed by atoms with Crippen LogP contribution in [0.5, 0.6) is 5.75 Å². The van der Waals surface area contributed by atoms with Gasteiger partial charge in [0.05, 0.1) is 12.0 Å². The van der Waals surface area contributed by atoms with Gasteiger partial charge in [0.2, 0.25) is 5.91 Å². The Morgan fingerprint density at radius 3 is 2.63 bits per heavy atom. The number of amides is 2. The van der Waals surface area contributed by atoms with Crippen LogP contribution in [0.1, 0.15) is 28.1 Å². The Morgan fingerprint density at radius 2 is 1.97 bits per heavy atom. The summed E-state index contributed by atoms with van der Waals surface area (Å²) in [5.41, 5.74) is 0.886. The molecule has 30 heavy (non-hydrogen) atoms. The van der Waals surface area contributed by atoms with Gasteiger partial charge in [0.15, 0.2) is 11.6 Å². The van der Waals surface area contributed by atoms with Crippen molar-refractivity contribution in [1.29, 1.82) is 0 Å². The zero-order valence-corrected chi connectivity index (χ0v) is 17.9. The molecule has 0 spiro atoms. The molecule has 2 amide bonds. The molecule has 1 aromatic carbocycles. The number of likely N-dealkylation sites (tertiary alicyclic amines) is 1. The summed E-state index contributed by atoms with van der Waals surface area (Å²) < 4.78 is 18.9. The lowest BCUT2D eigenvalue weighted by Gasteiger charge is -2.37. The number of hydrogen-bond donors (Lipinski definition) is 0. The van der Waals surface area contributed by atoms with E-state index in [0.717, 1.165) is 31.5 Å². The largest absolute Gasteiger partial charge is 0.494 e. The number of nitrogens with zero attached hydrogens (tertiary/aromatic N) is 3. The van der Waals surface area contributed by atoms with Gasteiger partial charge in [-0.3, -0.25) is 14.5 Å². The number of hydrogen-bond acceptors (Lipinski definition) is 5. The molecule has 1 atom stereocenters. The van der Waals surface area contributed by atoms with Crippen molar-refractivity contribution in [2.45, 2.75) is 25.4 Å². The molecule has 0 aliphatic carbocycles. The summed E-state index contributed by atoms with van der Waals surface area (Å²) in [6, 6.07) is 8.33. The molecule has 1 unspecified atom stereocenters. The normalized spacial score (nSPS) is 19.9. The van der Waals surface area contributed by atoms with E-state index in [4.69, 9.17) is 4.74 Å². The second-order valence-corrected chi connectivity index (χ2v) is 8.65. The van der Waals surface area contributed by atoms with Crippen molar-refractivity contribution in [3.8, 4) is 5.75 Å². The van der Waals surface area contributed by atoms with E-state index in [2.05, 4.69) is 4.90 Å². The highest BCUT2D eigenvalue weighted by Crippen LogP contribution is 2.24. The predicted octanol–water partition coefficient (Wildman–Crippen LogP) is 2.84. The van der Waals surface area contributed by atoms with Gasteiger partial charge in [-0.1, -0.05) is 12.1 Å². The van der Waals surface area contributed by atoms with Crippen molar-refractivity contribution >= 4 is 23.2 Å². The Balaban J connectivity index is 1.33. The Kier molecular flexibility index (Phi) is 6.34. The third-order valence-electron chi connectivity index (χ3n) is 5.84. The summed E-state index contributed by atoms with van der Waals surface area (Å²) in [6.07, 6.45) is 1.58. The highest BCUT2D eigenvalue weighted by Gasteiger charge is 2.37. The van der Waals surface area contributed by atoms with Crippen molar-refractivity contribution in [3.05, 3.63) is 52.0 Å². The molecule has 3 heterocycles. The fourth-order valence-electron chi connectivity index (χ4n) is 4.21. The Labute approximate surface area is 179 Å². The average molecular weight is 432 g/mol. The predicted molar refractivity (Wildman–Crippen MR) is 113 cm³/mol. The number of benzene rings is 1. The molecule has 2 aliphatic heterocycles. The van der Waals surface area contributed by atoms with Gasteiger partial charge in [-0.2, -0.15) is 0 Å². The van der Waals surface area contributed by atoms with Crippen molar-refractivity contribution in [1.82, 2.24) is 14.7 Å². The number of methoxy groups -OCH3 is 1. The minimum atomic E-state index is -0.361. The summed E-state index contributed by atoms with van der Waals surface area (Å²) in [6.45, 7) is 3.96. The maximum Gasteiger partial charge on any atom is 0.264 e. The lowest BCUT2D eigenvalue weighted by Crippen LogP contribution is -2.54. The average Bonchev–Trinajstić information content (AvgIpc) is 3.46. The molecule has 4 rings (SSSR count). The van der Waals surface area contributed by atoms with E-state index in [-0.39, 0.29) is 29.4 Å². The van der Waals surface area contributed by atoms with Crippen LogP contribution in [0.15, 0.2) is 35.7 Å². The highest BCUT2D eigenvalue weighted by molar-refractivity contribution is 7.12. The summed E-state index contributed by atoms with van der Waals surface area (Å²) in [5, 5.41) is 1.88. The lowest BCUT2D eigenvalue weighted by atomic mass is 10.1. The minimum Gasteiger partial charge on any atom is -0.494 e. The van der Waals surface area contributed by atoms with Crippen molar-refractivity contribution in [3.63, 3.8) is 0 Å². The fraction of sp³-hybridized carbons (Fsp3) is 0.455. The minimum absolute atomic E-state index is 0.0407. The lowest BCUT2D eigenvalue weighted by molar-refractivity contribution is -0.137. The second kappa shape index (κ2) is 9.14. The van der Waals surface area contributed by atoms with Gasteiger partial charge in [-0.05, 0) is 42.0 Å². The SMILES string of the molecule is COc1ccc(CN2CCN(C(=O)C3CCCN3C(=O)c3cccs3)CC2)cc1F. The molecule has 6 nitrogen and oxygen atoms in total. The first-order valence-electron chi connectivity index (χ1n) is 10.2. The molecule has 8 heteroatoms. The number of carbonyl (C=O) groups excluding carboxylic acids is 2. The van der Waals surface area contributed by atoms with Crippen LogP contribution in [0.2, 0.25) is 0 Å². The van der Waals surface area contributed by atoms with Crippen LogP contribution in [-0.2, 0) is 11.3 Å². The topological polar surface area (TPSA) is 53.1 Å². The van der Waals surface area contributed by atoms with Crippen LogP contribution in [0.25, 0.3) is 0 Å². The van der Waals surface area contributed by atoms with E-state index < -0.39 is 0 Å². The quantitative estimate of drug-likeness (QED) is 0.731. The molecule has 0 saturated carbocycles. The number of piperazine rings is 1. The standard InChI is InChI=1S/C22H26FN3O3S/c1-29-19-7-6-16(14-17(19)23)15-24-9-11-25(12-10-24)21(27)18-4-2-8-26(18)22(28)20-5-3-13-30-20/h3,5-7,13-14,18H,2,4,8-12,15H2,1H3. The molecule has 2 fully saturated rings. The van der Waals surface area contributed by atoms with E-state index in [1.54, 1.807) is 11.0 Å². The van der Waals surface area contributed by atoms with Crippen molar-refractivity contribution < 1.29 is 18.7 Å². The Morgan fingerprint density at radius 1 is 1.17 bits per heavy atom. The first-order valence-corrected chi connectivity index (χ1v) is 11.1. The summed E-state index contributed by atoms with van der Waals surface area (Å²) in [4.78, 5) is 32.4. The van der Waals surface area contributed by atoms with E-state index in [1.165, 1.54) is 24.5 Å². The number of carbonyl (C=O) groups is 2. The number of rotatable bonds is 5. The van der Waals surface area contributed by atoms with Gasteiger partial charge in [-0.15, -0.1) is 11.3 Å². The van der Waals surface area contributed by atoms with Crippen molar-refractivity contribution in [2.24, 2.45) is 0 Å². The van der Waals surface area contributed by atoms with E-state index in [9.17, 15) is 14.0 Å². The monoisotopic (exact) mass is 431 g/mol. The van der Waals surface area contributed by atoms with E-state index in [1.807, 2.05) is 28.5 Å². The van der Waals surface area contributed by atoms with Gasteiger partial charge in [-0.25, -0.2) is 4.39 Å². The van der Waals surface area contributed by atoms with Crippen LogP contribution in [0, 0.1) is 5.82 Å². The van der Waals surface area contributed by atoms with Crippen LogP contribution in [0.3, 0.4) is 0 Å². The number of thiophene rings is 1. The molecule has 2 aliphatic rings. The van der Waals surface area contributed by atoms with Gasteiger partial charge in [0, 0.05) is 39.3 Å². The van der Waals surface area contributed by atoms with Gasteiger partial charge in [0.1, 0.15) is 6.04 Å².